The van der Waals surface area contributed by atoms with E-state index in [0.717, 1.165) is 15.7 Å². The van der Waals surface area contributed by atoms with Gasteiger partial charge in [-0.25, -0.2) is 8.42 Å². The maximum Gasteiger partial charge on any atom is 0.270 e. The number of nitrogens with one attached hydrogen (secondary N) is 1. The van der Waals surface area contributed by atoms with Crippen LogP contribution in [0.4, 0.5) is 5.69 Å². The Morgan fingerprint density at radius 3 is 2.24 bits per heavy atom. The molecular formula is C25H28N2O6S. The number of hydrogen-bond acceptors (Lipinski definition) is 6. The molecule has 2 aromatic carbocycles. The first-order valence-electron chi connectivity index (χ1n) is 10.5. The van der Waals surface area contributed by atoms with Crippen LogP contribution in [0.25, 0.3) is 0 Å². The van der Waals surface area contributed by atoms with Crippen molar-refractivity contribution in [2.75, 3.05) is 19.5 Å². The molecule has 0 bridgehead atoms. The molecule has 0 saturated heterocycles. The molecule has 0 radical (unpaired) electrons. The second kappa shape index (κ2) is 9.72. The molecule has 3 aromatic rings. The van der Waals surface area contributed by atoms with Gasteiger partial charge in [0.05, 0.1) is 24.8 Å². The Kier molecular flexibility index (Phi) is 7.16. The monoisotopic (exact) mass is 484 g/mol. The Bertz CT molecular complexity index is 1420. The van der Waals surface area contributed by atoms with Crippen LogP contribution < -0.4 is 20.3 Å². The van der Waals surface area contributed by atoms with Crippen LogP contribution in [0.15, 0.2) is 57.1 Å². The van der Waals surface area contributed by atoms with E-state index in [4.69, 9.17) is 9.47 Å². The Morgan fingerprint density at radius 1 is 0.912 bits per heavy atom. The van der Waals surface area contributed by atoms with Crippen LogP contribution in [0.1, 0.15) is 22.4 Å². The minimum Gasteiger partial charge on any atom is -0.497 e. The van der Waals surface area contributed by atoms with E-state index in [1.807, 2.05) is 13.8 Å². The number of nitrogens with zero attached hydrogens (tertiary/aromatic N) is 1. The summed E-state index contributed by atoms with van der Waals surface area (Å²) in [5, 5.41) is 2.70. The summed E-state index contributed by atoms with van der Waals surface area (Å²) in [6.45, 7) is 6.55. The highest BCUT2D eigenvalue weighted by molar-refractivity contribution is 7.91. The van der Waals surface area contributed by atoms with Gasteiger partial charge in [0.25, 0.3) is 5.56 Å². The van der Waals surface area contributed by atoms with Gasteiger partial charge in [-0.3, -0.25) is 9.59 Å². The number of methoxy groups -OCH3 is 2. The Labute approximate surface area is 199 Å². The van der Waals surface area contributed by atoms with Crippen molar-refractivity contribution in [2.45, 2.75) is 44.0 Å². The molecule has 0 spiro atoms. The van der Waals surface area contributed by atoms with Gasteiger partial charge in [0.1, 0.15) is 22.9 Å². The van der Waals surface area contributed by atoms with Crippen LogP contribution in [0, 0.1) is 27.7 Å². The van der Waals surface area contributed by atoms with E-state index < -0.39 is 21.3 Å². The second-order valence-electron chi connectivity index (χ2n) is 8.05. The molecule has 0 atom stereocenters. The number of carbonyl (C=O) groups excluding carboxylic acids is 1. The third-order valence-corrected chi connectivity index (χ3v) is 7.60. The lowest BCUT2D eigenvalue weighted by molar-refractivity contribution is -0.116. The first-order valence-corrected chi connectivity index (χ1v) is 12.0. The van der Waals surface area contributed by atoms with Crippen molar-refractivity contribution in [2.24, 2.45) is 0 Å². The quantitative estimate of drug-likeness (QED) is 0.550. The van der Waals surface area contributed by atoms with Crippen LogP contribution in [0.5, 0.6) is 11.5 Å². The lowest BCUT2D eigenvalue weighted by atomic mass is 10.1. The number of carbonyl (C=O) groups is 1. The average Bonchev–Trinajstić information content (AvgIpc) is 2.77. The van der Waals surface area contributed by atoms with Gasteiger partial charge in [-0.05, 0) is 74.7 Å². The number of aryl methyl sites for hydroxylation is 4. The maximum atomic E-state index is 13.4. The number of aromatic nitrogens is 1. The number of hydrogen-bond donors (Lipinski definition) is 1. The van der Waals surface area contributed by atoms with Crippen molar-refractivity contribution >= 4 is 21.4 Å². The highest BCUT2D eigenvalue weighted by Crippen LogP contribution is 2.29. The summed E-state index contributed by atoms with van der Waals surface area (Å²) < 4.78 is 38.4. The number of benzene rings is 2. The van der Waals surface area contributed by atoms with E-state index in [-0.39, 0.29) is 16.3 Å². The fourth-order valence-electron chi connectivity index (χ4n) is 3.68. The lowest BCUT2D eigenvalue weighted by Crippen LogP contribution is -2.33. The van der Waals surface area contributed by atoms with Crippen LogP contribution in [-0.2, 0) is 21.2 Å². The molecule has 0 saturated carbocycles. The third-order valence-electron chi connectivity index (χ3n) is 5.69. The van der Waals surface area contributed by atoms with Crippen LogP contribution in [0.2, 0.25) is 0 Å². The van der Waals surface area contributed by atoms with Crippen molar-refractivity contribution in [3.63, 3.8) is 0 Å². The van der Waals surface area contributed by atoms with Gasteiger partial charge >= 0.3 is 0 Å². The zero-order valence-corrected chi connectivity index (χ0v) is 20.9. The zero-order chi connectivity index (χ0) is 25.2. The third kappa shape index (κ3) is 4.84. The average molecular weight is 485 g/mol. The first-order chi connectivity index (χ1) is 16.0. The molecule has 34 heavy (non-hydrogen) atoms. The molecule has 0 fully saturated rings. The first kappa shape index (κ1) is 25.0. The number of anilines is 1. The summed E-state index contributed by atoms with van der Waals surface area (Å²) >= 11 is 0. The predicted molar refractivity (Wildman–Crippen MR) is 130 cm³/mol. The normalized spacial score (nSPS) is 11.2. The number of ether oxygens (including phenoxy) is 2. The summed E-state index contributed by atoms with van der Waals surface area (Å²) in [6.07, 6.45) is 0. The van der Waals surface area contributed by atoms with Gasteiger partial charge in [-0.1, -0.05) is 6.07 Å². The molecule has 3 rings (SSSR count). The Morgan fingerprint density at radius 2 is 1.62 bits per heavy atom. The highest BCUT2D eigenvalue weighted by Gasteiger charge is 2.26. The maximum absolute atomic E-state index is 13.4. The second-order valence-corrected chi connectivity index (χ2v) is 9.94. The molecule has 8 nitrogen and oxygen atoms in total. The largest absolute Gasteiger partial charge is 0.497 e. The Hall–Kier alpha value is -3.59. The van der Waals surface area contributed by atoms with E-state index in [9.17, 15) is 18.0 Å². The number of sulfone groups is 1. The van der Waals surface area contributed by atoms with Crippen molar-refractivity contribution in [1.29, 1.82) is 0 Å². The minimum absolute atomic E-state index is 0.0387. The number of pyridine rings is 1. The van der Waals surface area contributed by atoms with Crippen molar-refractivity contribution in [3.05, 3.63) is 75.2 Å². The van der Waals surface area contributed by atoms with Crippen LogP contribution in [0.3, 0.4) is 0 Å². The van der Waals surface area contributed by atoms with E-state index in [1.54, 1.807) is 50.2 Å². The molecule has 0 unspecified atom stereocenters. The van der Waals surface area contributed by atoms with Crippen LogP contribution in [-0.4, -0.2) is 33.1 Å². The van der Waals surface area contributed by atoms with Crippen molar-refractivity contribution < 1.29 is 22.7 Å². The molecular weight excluding hydrogens is 456 g/mol. The fourth-order valence-corrected chi connectivity index (χ4v) is 5.31. The van der Waals surface area contributed by atoms with Gasteiger partial charge in [-0.2, -0.15) is 0 Å². The number of rotatable bonds is 7. The number of amides is 1. The van der Waals surface area contributed by atoms with Crippen molar-refractivity contribution in [3.8, 4) is 11.5 Å². The molecule has 0 aliphatic heterocycles. The molecule has 1 amide bonds. The Balaban J connectivity index is 2.01. The summed E-state index contributed by atoms with van der Waals surface area (Å²) in [5.74, 6) is 0.414. The molecule has 1 N–H and O–H groups in total. The molecule has 9 heteroatoms. The van der Waals surface area contributed by atoms with Gasteiger partial charge in [0, 0.05) is 11.8 Å². The van der Waals surface area contributed by atoms with Gasteiger partial charge in [-0.15, -0.1) is 0 Å². The standard InChI is InChI=1S/C25H28N2O6S/c1-15-7-9-20(12-16(15)2)34(30,31)24-17(3)11-18(4)27(25(24)29)14-23(28)26-21-13-19(32-5)8-10-22(21)33-6/h7-13H,14H2,1-6H3,(H,26,28). The topological polar surface area (TPSA) is 104 Å². The minimum atomic E-state index is -4.09. The van der Waals surface area contributed by atoms with E-state index in [1.165, 1.54) is 20.3 Å². The van der Waals surface area contributed by atoms with E-state index >= 15 is 0 Å². The molecule has 1 heterocycles. The molecule has 0 aliphatic carbocycles. The molecule has 1 aromatic heterocycles. The molecule has 180 valence electrons. The summed E-state index contributed by atoms with van der Waals surface area (Å²) in [6, 6.07) is 11.3. The van der Waals surface area contributed by atoms with Gasteiger partial charge in [0.2, 0.25) is 15.7 Å². The SMILES string of the molecule is COc1ccc(OC)c(NC(=O)Cn2c(C)cc(C)c(S(=O)(=O)c3ccc(C)c(C)c3)c2=O)c1. The van der Waals surface area contributed by atoms with E-state index in [0.29, 0.717) is 28.4 Å². The van der Waals surface area contributed by atoms with Crippen LogP contribution >= 0.6 is 0 Å². The summed E-state index contributed by atoms with van der Waals surface area (Å²) in [7, 11) is -1.13. The van der Waals surface area contributed by atoms with Gasteiger partial charge in [0.15, 0.2) is 0 Å². The summed E-state index contributed by atoms with van der Waals surface area (Å²) in [5.41, 5.74) is 2.16. The predicted octanol–water partition coefficient (Wildman–Crippen LogP) is 3.57. The lowest BCUT2D eigenvalue weighted by Gasteiger charge is -2.16. The zero-order valence-electron chi connectivity index (χ0n) is 20.1. The fraction of sp³-hybridized carbons (Fsp3) is 0.280. The smallest absolute Gasteiger partial charge is 0.270 e. The summed E-state index contributed by atoms with van der Waals surface area (Å²) in [4.78, 5) is 25.9. The highest BCUT2D eigenvalue weighted by atomic mass is 32.2. The molecule has 0 aliphatic rings. The van der Waals surface area contributed by atoms with E-state index in [2.05, 4.69) is 5.32 Å². The van der Waals surface area contributed by atoms with Gasteiger partial charge < -0.3 is 19.4 Å². The van der Waals surface area contributed by atoms with Crippen molar-refractivity contribution in [1.82, 2.24) is 4.57 Å².